The molecule has 2 aromatic carbocycles. The molecule has 0 aliphatic rings. The van der Waals surface area contributed by atoms with Gasteiger partial charge in [-0.1, -0.05) is 30.3 Å². The number of hydrogen-bond donors (Lipinski definition) is 1. The van der Waals surface area contributed by atoms with Gasteiger partial charge in [0.05, 0.1) is 22.0 Å². The number of nitro groups is 1. The van der Waals surface area contributed by atoms with Crippen LogP contribution < -0.4 is 5.32 Å². The minimum atomic E-state index is -3.63. The molecule has 10 heteroatoms. The fourth-order valence-corrected chi connectivity index (χ4v) is 3.35. The summed E-state index contributed by atoms with van der Waals surface area (Å²) in [5, 5.41) is 13.1. The Morgan fingerprint density at radius 1 is 1.04 bits per heavy atom. The van der Waals surface area contributed by atoms with Crippen molar-refractivity contribution in [3.05, 3.63) is 64.7 Å². The first-order valence-electron chi connectivity index (χ1n) is 7.76. The van der Waals surface area contributed by atoms with Crippen molar-refractivity contribution in [2.45, 2.75) is 11.3 Å². The number of carbonyl (C=O) groups excluding carboxylic acids is 2. The van der Waals surface area contributed by atoms with Crippen molar-refractivity contribution >= 4 is 33.1 Å². The predicted octanol–water partition coefficient (Wildman–Crippen LogP) is 1.94. The molecule has 0 aromatic heterocycles. The Morgan fingerprint density at radius 2 is 1.67 bits per heavy atom. The smallest absolute Gasteiger partial charge is 0.307 e. The van der Waals surface area contributed by atoms with E-state index in [-0.39, 0.29) is 16.3 Å². The Balaban J connectivity index is 1.84. The maximum atomic E-state index is 12.1. The first-order chi connectivity index (χ1) is 12.8. The van der Waals surface area contributed by atoms with E-state index in [1.165, 1.54) is 36.4 Å². The second-order valence-corrected chi connectivity index (χ2v) is 7.47. The summed E-state index contributed by atoms with van der Waals surface area (Å²) in [6.45, 7) is -0.684. The first kappa shape index (κ1) is 20.0. The van der Waals surface area contributed by atoms with E-state index in [4.69, 9.17) is 4.74 Å². The molecule has 2 aromatic rings. The molecule has 0 saturated heterocycles. The van der Waals surface area contributed by atoms with E-state index < -0.39 is 45.4 Å². The number of carbonyl (C=O) groups is 2. The minimum absolute atomic E-state index is 0.0322. The van der Waals surface area contributed by atoms with Gasteiger partial charge in [0.1, 0.15) is 5.69 Å². The molecule has 0 unspecified atom stereocenters. The minimum Gasteiger partial charge on any atom is -0.456 e. The van der Waals surface area contributed by atoms with Gasteiger partial charge in [-0.3, -0.25) is 19.7 Å². The molecule has 0 spiro atoms. The Kier molecular flexibility index (Phi) is 6.61. The zero-order chi connectivity index (χ0) is 19.9. The zero-order valence-corrected chi connectivity index (χ0v) is 14.8. The lowest BCUT2D eigenvalue weighted by Gasteiger charge is -2.07. The number of anilines is 1. The normalized spacial score (nSPS) is 10.8. The third kappa shape index (κ3) is 5.89. The summed E-state index contributed by atoms with van der Waals surface area (Å²) >= 11 is 0. The van der Waals surface area contributed by atoms with E-state index in [9.17, 15) is 28.1 Å². The first-order valence-corrected chi connectivity index (χ1v) is 9.41. The molecule has 0 aliphatic carbocycles. The summed E-state index contributed by atoms with van der Waals surface area (Å²) in [7, 11) is -3.63. The fourth-order valence-electron chi connectivity index (χ4n) is 2.11. The van der Waals surface area contributed by atoms with Gasteiger partial charge in [0.2, 0.25) is 0 Å². The van der Waals surface area contributed by atoms with Crippen LogP contribution in [-0.4, -0.2) is 37.6 Å². The van der Waals surface area contributed by atoms with Gasteiger partial charge < -0.3 is 10.1 Å². The largest absolute Gasteiger partial charge is 0.456 e. The average molecular weight is 392 g/mol. The highest BCUT2D eigenvalue weighted by Crippen LogP contribution is 2.22. The lowest BCUT2D eigenvalue weighted by atomic mass is 10.2. The molecule has 0 saturated carbocycles. The third-order valence-electron chi connectivity index (χ3n) is 3.42. The second-order valence-electron chi connectivity index (χ2n) is 5.37. The van der Waals surface area contributed by atoms with Crippen molar-refractivity contribution in [2.75, 3.05) is 17.7 Å². The summed E-state index contributed by atoms with van der Waals surface area (Å²) in [5.41, 5.74) is -0.332. The van der Waals surface area contributed by atoms with Crippen LogP contribution in [0.3, 0.4) is 0 Å². The van der Waals surface area contributed by atoms with Crippen LogP contribution in [0.4, 0.5) is 11.4 Å². The molecular formula is C17H16N2O7S. The summed E-state index contributed by atoms with van der Waals surface area (Å²) in [6.07, 6.45) is -0.421. The monoisotopic (exact) mass is 392 g/mol. The van der Waals surface area contributed by atoms with Gasteiger partial charge >= 0.3 is 5.97 Å². The maximum Gasteiger partial charge on any atom is 0.307 e. The van der Waals surface area contributed by atoms with Gasteiger partial charge in [0, 0.05) is 6.07 Å². The van der Waals surface area contributed by atoms with Gasteiger partial charge in [-0.15, -0.1) is 0 Å². The Morgan fingerprint density at radius 3 is 2.33 bits per heavy atom. The molecule has 0 atom stereocenters. The molecule has 0 bridgehead atoms. The van der Waals surface area contributed by atoms with Gasteiger partial charge in [-0.25, -0.2) is 8.42 Å². The molecule has 0 aliphatic heterocycles. The standard InChI is InChI=1S/C17H16N2O7S/c20-16(18-14-8-4-5-9-15(14)19(22)23)12-26-17(21)10-11-27(24,25)13-6-2-1-3-7-13/h1-9H,10-12H2,(H,18,20). The van der Waals surface area contributed by atoms with E-state index in [0.717, 1.165) is 0 Å². The van der Waals surface area contributed by atoms with Crippen LogP contribution in [0.15, 0.2) is 59.5 Å². The van der Waals surface area contributed by atoms with E-state index in [2.05, 4.69) is 5.32 Å². The fraction of sp³-hybridized carbons (Fsp3) is 0.176. The number of nitro benzene ring substituents is 1. The third-order valence-corrected chi connectivity index (χ3v) is 5.15. The topological polar surface area (TPSA) is 133 Å². The van der Waals surface area contributed by atoms with Crippen molar-refractivity contribution in [1.82, 2.24) is 0 Å². The molecule has 2 rings (SSSR count). The van der Waals surface area contributed by atoms with E-state index in [0.29, 0.717) is 0 Å². The number of hydrogen-bond acceptors (Lipinski definition) is 7. The van der Waals surface area contributed by atoms with Crippen molar-refractivity contribution in [3.63, 3.8) is 0 Å². The zero-order valence-electron chi connectivity index (χ0n) is 14.0. The summed E-state index contributed by atoms with van der Waals surface area (Å²) in [6, 6.07) is 13.1. The highest BCUT2D eigenvalue weighted by Gasteiger charge is 2.18. The Bertz CT molecular complexity index is 943. The molecule has 0 radical (unpaired) electrons. The maximum absolute atomic E-state index is 12.1. The number of amides is 1. The number of rotatable bonds is 8. The molecule has 142 valence electrons. The molecule has 9 nitrogen and oxygen atoms in total. The molecule has 1 amide bonds. The van der Waals surface area contributed by atoms with Crippen LogP contribution in [0.2, 0.25) is 0 Å². The predicted molar refractivity (Wildman–Crippen MR) is 95.8 cm³/mol. The molecule has 0 fully saturated rings. The van der Waals surface area contributed by atoms with E-state index in [1.54, 1.807) is 18.2 Å². The second kappa shape index (κ2) is 8.90. The average Bonchev–Trinajstić information content (AvgIpc) is 2.66. The highest BCUT2D eigenvalue weighted by atomic mass is 32.2. The number of benzene rings is 2. The number of ether oxygens (including phenoxy) is 1. The van der Waals surface area contributed by atoms with Crippen LogP contribution >= 0.6 is 0 Å². The van der Waals surface area contributed by atoms with E-state index >= 15 is 0 Å². The highest BCUT2D eigenvalue weighted by molar-refractivity contribution is 7.91. The number of sulfone groups is 1. The van der Waals surface area contributed by atoms with Crippen molar-refractivity contribution in [3.8, 4) is 0 Å². The van der Waals surface area contributed by atoms with Gasteiger partial charge in [-0.05, 0) is 18.2 Å². The van der Waals surface area contributed by atoms with Crippen molar-refractivity contribution in [1.29, 1.82) is 0 Å². The van der Waals surface area contributed by atoms with Crippen LogP contribution in [0.25, 0.3) is 0 Å². The van der Waals surface area contributed by atoms with Crippen LogP contribution in [0, 0.1) is 10.1 Å². The number of esters is 1. The van der Waals surface area contributed by atoms with Gasteiger partial charge in [-0.2, -0.15) is 0 Å². The van der Waals surface area contributed by atoms with Crippen LogP contribution in [0.5, 0.6) is 0 Å². The molecule has 27 heavy (non-hydrogen) atoms. The lowest BCUT2D eigenvalue weighted by molar-refractivity contribution is -0.383. The number of nitrogens with one attached hydrogen (secondary N) is 1. The quantitative estimate of drug-likeness (QED) is 0.412. The molecular weight excluding hydrogens is 376 g/mol. The van der Waals surface area contributed by atoms with Gasteiger partial charge in [0.25, 0.3) is 11.6 Å². The lowest BCUT2D eigenvalue weighted by Crippen LogP contribution is -2.22. The SMILES string of the molecule is O=C(COC(=O)CCS(=O)(=O)c1ccccc1)Nc1ccccc1[N+](=O)[O-]. The number of para-hydroxylation sites is 2. The summed E-state index contributed by atoms with van der Waals surface area (Å²) < 4.78 is 28.9. The van der Waals surface area contributed by atoms with Crippen molar-refractivity contribution < 1.29 is 27.7 Å². The molecule has 0 heterocycles. The number of nitrogens with zero attached hydrogens (tertiary/aromatic N) is 1. The van der Waals surface area contributed by atoms with Gasteiger partial charge in [0.15, 0.2) is 16.4 Å². The summed E-state index contributed by atoms with van der Waals surface area (Å²) in [4.78, 5) is 33.8. The van der Waals surface area contributed by atoms with Crippen LogP contribution in [0.1, 0.15) is 6.42 Å². The van der Waals surface area contributed by atoms with Crippen molar-refractivity contribution in [2.24, 2.45) is 0 Å². The Labute approximate surface area is 155 Å². The Hall–Kier alpha value is -3.27. The molecule has 1 N–H and O–H groups in total. The van der Waals surface area contributed by atoms with E-state index in [1.807, 2.05) is 0 Å². The summed E-state index contributed by atoms with van der Waals surface area (Å²) in [5.74, 6) is -2.10. The van der Waals surface area contributed by atoms with Crippen LogP contribution in [-0.2, 0) is 24.2 Å².